The fraction of sp³-hybridized carbons (Fsp3) is 0.235. The topological polar surface area (TPSA) is 68.3 Å². The minimum absolute atomic E-state index is 0.137. The second kappa shape index (κ2) is 8.24. The van der Waals surface area contributed by atoms with Gasteiger partial charge in [0.05, 0.1) is 17.7 Å². The van der Waals surface area contributed by atoms with Gasteiger partial charge in [-0.15, -0.1) is 11.3 Å². The number of hydrogen-bond acceptors (Lipinski definition) is 5. The van der Waals surface area contributed by atoms with E-state index in [2.05, 4.69) is 15.0 Å². The van der Waals surface area contributed by atoms with Crippen LogP contribution in [0.5, 0.6) is 0 Å². The molecule has 0 radical (unpaired) electrons. The van der Waals surface area contributed by atoms with Gasteiger partial charge >= 0.3 is 5.97 Å². The fourth-order valence-corrected chi connectivity index (χ4v) is 2.61. The SMILES string of the molecule is COC(=O)c1ccc(CCNC(=O)C=Cc2cnc(C)s2)cc1. The molecule has 0 spiro atoms. The van der Waals surface area contributed by atoms with E-state index in [4.69, 9.17) is 0 Å². The third-order valence-corrected chi connectivity index (χ3v) is 4.00. The van der Waals surface area contributed by atoms with Gasteiger partial charge in [-0.25, -0.2) is 9.78 Å². The molecule has 1 aromatic heterocycles. The second-order valence-electron chi connectivity index (χ2n) is 4.84. The molecule has 120 valence electrons. The van der Waals surface area contributed by atoms with Crippen molar-refractivity contribution in [3.63, 3.8) is 0 Å². The predicted octanol–water partition coefficient (Wildman–Crippen LogP) is 2.61. The van der Waals surface area contributed by atoms with Crippen LogP contribution in [-0.2, 0) is 16.0 Å². The monoisotopic (exact) mass is 330 g/mol. The Kier molecular flexibility index (Phi) is 6.05. The molecule has 1 N–H and O–H groups in total. The molecule has 1 heterocycles. The standard InChI is InChI=1S/C17H18N2O3S/c1-12-19-11-15(23-12)7-8-16(20)18-10-9-13-3-5-14(6-4-13)17(21)22-2/h3-8,11H,9-10H2,1-2H3,(H,18,20). The number of esters is 1. The molecule has 2 rings (SSSR count). The maximum absolute atomic E-state index is 11.7. The molecule has 0 unspecified atom stereocenters. The molecule has 23 heavy (non-hydrogen) atoms. The normalized spacial score (nSPS) is 10.7. The summed E-state index contributed by atoms with van der Waals surface area (Å²) in [4.78, 5) is 28.1. The summed E-state index contributed by atoms with van der Waals surface area (Å²) in [6.07, 6.45) is 5.70. The van der Waals surface area contributed by atoms with E-state index in [-0.39, 0.29) is 11.9 Å². The van der Waals surface area contributed by atoms with Crippen LogP contribution in [0.4, 0.5) is 0 Å². The Labute approximate surface area is 139 Å². The number of rotatable bonds is 6. The number of carbonyl (C=O) groups excluding carboxylic acids is 2. The van der Waals surface area contributed by atoms with E-state index in [0.29, 0.717) is 18.5 Å². The van der Waals surface area contributed by atoms with Crippen molar-refractivity contribution in [3.8, 4) is 0 Å². The smallest absolute Gasteiger partial charge is 0.337 e. The lowest BCUT2D eigenvalue weighted by Crippen LogP contribution is -2.23. The van der Waals surface area contributed by atoms with E-state index in [0.717, 1.165) is 15.4 Å². The number of aromatic nitrogens is 1. The number of benzene rings is 1. The zero-order chi connectivity index (χ0) is 16.7. The third-order valence-electron chi connectivity index (χ3n) is 3.13. The van der Waals surface area contributed by atoms with E-state index in [1.807, 2.05) is 19.1 Å². The first-order chi connectivity index (χ1) is 11.1. The van der Waals surface area contributed by atoms with Gasteiger partial charge in [0, 0.05) is 23.7 Å². The minimum Gasteiger partial charge on any atom is -0.465 e. The van der Waals surface area contributed by atoms with Crippen LogP contribution in [0.2, 0.25) is 0 Å². The third kappa shape index (κ3) is 5.34. The molecule has 2 aromatic rings. The number of aryl methyl sites for hydroxylation is 1. The molecule has 1 aromatic carbocycles. The molecule has 0 aliphatic rings. The molecule has 0 atom stereocenters. The van der Waals surface area contributed by atoms with E-state index < -0.39 is 0 Å². The Bertz CT molecular complexity index is 705. The number of methoxy groups -OCH3 is 1. The molecule has 1 amide bonds. The lowest BCUT2D eigenvalue weighted by Gasteiger charge is -2.04. The van der Waals surface area contributed by atoms with Crippen molar-refractivity contribution in [2.24, 2.45) is 0 Å². The zero-order valence-corrected chi connectivity index (χ0v) is 13.9. The summed E-state index contributed by atoms with van der Waals surface area (Å²) in [5, 5.41) is 3.80. The Morgan fingerprint density at radius 3 is 2.65 bits per heavy atom. The highest BCUT2D eigenvalue weighted by molar-refractivity contribution is 7.12. The summed E-state index contributed by atoms with van der Waals surface area (Å²) >= 11 is 1.54. The summed E-state index contributed by atoms with van der Waals surface area (Å²) in [7, 11) is 1.35. The van der Waals surface area contributed by atoms with E-state index in [9.17, 15) is 9.59 Å². The molecule has 0 bridgehead atoms. The van der Waals surface area contributed by atoms with Crippen LogP contribution >= 0.6 is 11.3 Å². The van der Waals surface area contributed by atoms with Gasteiger partial charge in [0.25, 0.3) is 0 Å². The van der Waals surface area contributed by atoms with E-state index in [1.54, 1.807) is 35.7 Å². The van der Waals surface area contributed by atoms with Crippen LogP contribution in [0.25, 0.3) is 6.08 Å². The minimum atomic E-state index is -0.353. The maximum Gasteiger partial charge on any atom is 0.337 e. The van der Waals surface area contributed by atoms with Crippen molar-refractivity contribution in [1.82, 2.24) is 10.3 Å². The number of nitrogens with zero attached hydrogens (tertiary/aromatic N) is 1. The predicted molar refractivity (Wildman–Crippen MR) is 90.4 cm³/mol. The van der Waals surface area contributed by atoms with Crippen LogP contribution in [-0.4, -0.2) is 30.5 Å². The van der Waals surface area contributed by atoms with Gasteiger partial charge in [-0.1, -0.05) is 12.1 Å². The van der Waals surface area contributed by atoms with Crippen molar-refractivity contribution in [2.75, 3.05) is 13.7 Å². The van der Waals surface area contributed by atoms with Crippen molar-refractivity contribution >= 4 is 29.3 Å². The van der Waals surface area contributed by atoms with Crippen LogP contribution in [0, 0.1) is 6.92 Å². The summed E-state index contributed by atoms with van der Waals surface area (Å²) in [6.45, 7) is 2.45. The fourth-order valence-electron chi connectivity index (χ4n) is 1.93. The van der Waals surface area contributed by atoms with Gasteiger partial charge in [-0.2, -0.15) is 0 Å². The van der Waals surface area contributed by atoms with Crippen LogP contribution in [0.15, 0.2) is 36.5 Å². The van der Waals surface area contributed by atoms with Crippen LogP contribution in [0.1, 0.15) is 25.8 Å². The maximum atomic E-state index is 11.7. The van der Waals surface area contributed by atoms with Crippen LogP contribution in [0.3, 0.4) is 0 Å². The average molecular weight is 330 g/mol. The highest BCUT2D eigenvalue weighted by Gasteiger charge is 2.04. The van der Waals surface area contributed by atoms with Crippen molar-refractivity contribution < 1.29 is 14.3 Å². The number of carbonyl (C=O) groups is 2. The van der Waals surface area contributed by atoms with Crippen LogP contribution < -0.4 is 5.32 Å². The number of thiazole rings is 1. The summed E-state index contributed by atoms with van der Waals surface area (Å²) in [5.41, 5.74) is 1.56. The van der Waals surface area contributed by atoms with E-state index in [1.165, 1.54) is 13.2 Å². The molecule has 6 heteroatoms. The Hall–Kier alpha value is -2.47. The van der Waals surface area contributed by atoms with E-state index >= 15 is 0 Å². The van der Waals surface area contributed by atoms with Crippen molar-refractivity contribution in [2.45, 2.75) is 13.3 Å². The first kappa shape index (κ1) is 16.9. The van der Waals surface area contributed by atoms with Gasteiger partial charge in [-0.05, 0) is 37.1 Å². The number of hydrogen-bond donors (Lipinski definition) is 1. The summed E-state index contributed by atoms with van der Waals surface area (Å²) < 4.78 is 4.65. The highest BCUT2D eigenvalue weighted by atomic mass is 32.1. The quantitative estimate of drug-likeness (QED) is 0.653. The largest absolute Gasteiger partial charge is 0.465 e. The highest BCUT2D eigenvalue weighted by Crippen LogP contribution is 2.12. The lowest BCUT2D eigenvalue weighted by molar-refractivity contribution is -0.116. The van der Waals surface area contributed by atoms with Gasteiger partial charge in [0.15, 0.2) is 0 Å². The lowest BCUT2D eigenvalue weighted by atomic mass is 10.1. The molecule has 5 nitrogen and oxygen atoms in total. The Morgan fingerprint density at radius 2 is 2.04 bits per heavy atom. The molecule has 0 saturated heterocycles. The first-order valence-electron chi connectivity index (χ1n) is 7.14. The molecule has 0 fully saturated rings. The first-order valence-corrected chi connectivity index (χ1v) is 7.96. The second-order valence-corrected chi connectivity index (χ2v) is 6.11. The molecule has 0 aliphatic carbocycles. The van der Waals surface area contributed by atoms with Crippen molar-refractivity contribution in [3.05, 3.63) is 57.6 Å². The summed E-state index contributed by atoms with van der Waals surface area (Å²) in [6, 6.07) is 7.15. The number of ether oxygens (including phenoxy) is 1. The number of amides is 1. The summed E-state index contributed by atoms with van der Waals surface area (Å²) in [5.74, 6) is -0.490. The van der Waals surface area contributed by atoms with Gasteiger partial charge in [0.1, 0.15) is 0 Å². The molecular weight excluding hydrogens is 312 g/mol. The average Bonchev–Trinajstić information content (AvgIpc) is 2.98. The van der Waals surface area contributed by atoms with Gasteiger partial charge in [-0.3, -0.25) is 4.79 Å². The number of nitrogens with one attached hydrogen (secondary N) is 1. The zero-order valence-electron chi connectivity index (χ0n) is 13.0. The van der Waals surface area contributed by atoms with Crippen molar-refractivity contribution in [1.29, 1.82) is 0 Å². The Morgan fingerprint density at radius 1 is 1.30 bits per heavy atom. The molecule has 0 aliphatic heterocycles. The Balaban J connectivity index is 1.77. The van der Waals surface area contributed by atoms with Gasteiger partial charge < -0.3 is 10.1 Å². The molecule has 0 saturated carbocycles. The molecular formula is C17H18N2O3S. The van der Waals surface area contributed by atoms with Gasteiger partial charge in [0.2, 0.25) is 5.91 Å².